The molecule has 0 aliphatic carbocycles. The molecule has 122 valence electrons. The summed E-state index contributed by atoms with van der Waals surface area (Å²) in [6.45, 7) is 0.358. The second-order valence-corrected chi connectivity index (χ2v) is 5.84. The van der Waals surface area contributed by atoms with Gasteiger partial charge in [-0.3, -0.25) is 4.79 Å². The summed E-state index contributed by atoms with van der Waals surface area (Å²) in [6, 6.07) is 14.8. The zero-order valence-corrected chi connectivity index (χ0v) is 14.6. The van der Waals surface area contributed by atoms with Crippen molar-refractivity contribution >= 4 is 22.2 Å². The molecule has 0 saturated carbocycles. The van der Waals surface area contributed by atoms with Gasteiger partial charge in [-0.05, 0) is 51.8 Å². The molecule has 0 radical (unpaired) electrons. The van der Waals surface area contributed by atoms with Crippen molar-refractivity contribution in [3.8, 4) is 17.2 Å². The SMILES string of the molecule is COc1ccc(COc2cccc(-n3ccc(Br)n3)c2C=O)cc1. The van der Waals surface area contributed by atoms with Crippen molar-refractivity contribution in [1.29, 1.82) is 0 Å². The van der Waals surface area contributed by atoms with Crippen LogP contribution in [0.1, 0.15) is 15.9 Å². The predicted octanol–water partition coefficient (Wildman–Crippen LogP) is 4.03. The van der Waals surface area contributed by atoms with Crippen LogP contribution in [0, 0.1) is 0 Å². The van der Waals surface area contributed by atoms with Crippen LogP contribution in [0.3, 0.4) is 0 Å². The lowest BCUT2D eigenvalue weighted by Gasteiger charge is -2.12. The number of methoxy groups -OCH3 is 1. The predicted molar refractivity (Wildman–Crippen MR) is 94.0 cm³/mol. The van der Waals surface area contributed by atoms with Gasteiger partial charge in [0.2, 0.25) is 0 Å². The van der Waals surface area contributed by atoms with Crippen LogP contribution in [0.15, 0.2) is 59.3 Å². The number of nitrogens with zero attached hydrogens (tertiary/aromatic N) is 2. The van der Waals surface area contributed by atoms with Crippen molar-refractivity contribution in [3.05, 3.63) is 70.5 Å². The molecule has 0 saturated heterocycles. The van der Waals surface area contributed by atoms with Crippen LogP contribution in [0.5, 0.6) is 11.5 Å². The highest BCUT2D eigenvalue weighted by atomic mass is 79.9. The Hall–Kier alpha value is -2.60. The van der Waals surface area contributed by atoms with Gasteiger partial charge in [-0.2, -0.15) is 5.10 Å². The summed E-state index contributed by atoms with van der Waals surface area (Å²) in [5.41, 5.74) is 2.12. The van der Waals surface area contributed by atoms with Gasteiger partial charge in [-0.1, -0.05) is 18.2 Å². The minimum Gasteiger partial charge on any atom is -0.497 e. The van der Waals surface area contributed by atoms with Crippen molar-refractivity contribution in [2.75, 3.05) is 7.11 Å². The van der Waals surface area contributed by atoms with Crippen LogP contribution in [0.2, 0.25) is 0 Å². The fourth-order valence-corrected chi connectivity index (χ4v) is 2.58. The zero-order valence-electron chi connectivity index (χ0n) is 13.0. The summed E-state index contributed by atoms with van der Waals surface area (Å²) in [7, 11) is 1.63. The molecule has 0 spiro atoms. The number of hydrogen-bond donors (Lipinski definition) is 0. The monoisotopic (exact) mass is 386 g/mol. The molecule has 0 N–H and O–H groups in total. The maximum atomic E-state index is 11.6. The van der Waals surface area contributed by atoms with E-state index in [1.165, 1.54) is 0 Å². The van der Waals surface area contributed by atoms with Gasteiger partial charge in [0.1, 0.15) is 22.7 Å². The molecular formula is C18H15BrN2O3. The van der Waals surface area contributed by atoms with Crippen LogP contribution < -0.4 is 9.47 Å². The number of ether oxygens (including phenoxy) is 2. The van der Waals surface area contributed by atoms with Crippen molar-refractivity contribution < 1.29 is 14.3 Å². The van der Waals surface area contributed by atoms with E-state index >= 15 is 0 Å². The minimum absolute atomic E-state index is 0.358. The Bertz CT molecular complexity index is 844. The number of carbonyl (C=O) groups excluding carboxylic acids is 1. The van der Waals surface area contributed by atoms with Crippen LogP contribution >= 0.6 is 15.9 Å². The van der Waals surface area contributed by atoms with Crippen LogP contribution in [0.4, 0.5) is 0 Å². The number of carbonyl (C=O) groups is 1. The lowest BCUT2D eigenvalue weighted by Crippen LogP contribution is -2.04. The summed E-state index contributed by atoms with van der Waals surface area (Å²) >= 11 is 3.31. The molecule has 0 unspecified atom stereocenters. The van der Waals surface area contributed by atoms with Crippen molar-refractivity contribution in [1.82, 2.24) is 9.78 Å². The van der Waals surface area contributed by atoms with Gasteiger partial charge >= 0.3 is 0 Å². The lowest BCUT2D eigenvalue weighted by molar-refractivity contribution is 0.111. The van der Waals surface area contributed by atoms with Crippen LogP contribution in [-0.2, 0) is 6.61 Å². The molecule has 0 aliphatic heterocycles. The fourth-order valence-electron chi connectivity index (χ4n) is 2.30. The molecule has 0 atom stereocenters. The molecule has 0 amide bonds. The lowest BCUT2D eigenvalue weighted by atomic mass is 10.1. The second-order valence-electron chi connectivity index (χ2n) is 5.03. The summed E-state index contributed by atoms with van der Waals surface area (Å²) in [5, 5.41) is 4.27. The third-order valence-electron chi connectivity index (χ3n) is 3.52. The van der Waals surface area contributed by atoms with E-state index in [4.69, 9.17) is 9.47 Å². The fraction of sp³-hybridized carbons (Fsp3) is 0.111. The van der Waals surface area contributed by atoms with Crippen LogP contribution in [-0.4, -0.2) is 23.2 Å². The quantitative estimate of drug-likeness (QED) is 0.600. The third-order valence-corrected chi connectivity index (χ3v) is 3.94. The molecule has 1 heterocycles. The molecule has 0 fully saturated rings. The van der Waals surface area contributed by atoms with E-state index in [-0.39, 0.29) is 0 Å². The Morgan fingerprint density at radius 1 is 1.17 bits per heavy atom. The standard InChI is InChI=1S/C18H15BrN2O3/c1-23-14-7-5-13(6-8-14)12-24-17-4-2-3-16(15(17)11-22)21-10-9-18(19)20-21/h2-11H,12H2,1H3. The summed E-state index contributed by atoms with van der Waals surface area (Å²) in [6.07, 6.45) is 2.56. The van der Waals surface area contributed by atoms with Gasteiger partial charge in [0, 0.05) is 6.20 Å². The highest BCUT2D eigenvalue weighted by Crippen LogP contribution is 2.25. The maximum Gasteiger partial charge on any atom is 0.155 e. The van der Waals surface area contributed by atoms with E-state index in [9.17, 15) is 4.79 Å². The van der Waals surface area contributed by atoms with Crippen molar-refractivity contribution in [2.24, 2.45) is 0 Å². The first kappa shape index (κ1) is 16.3. The van der Waals surface area contributed by atoms with Gasteiger partial charge < -0.3 is 9.47 Å². The first-order chi connectivity index (χ1) is 11.7. The Morgan fingerprint density at radius 3 is 2.58 bits per heavy atom. The maximum absolute atomic E-state index is 11.6. The highest BCUT2D eigenvalue weighted by Gasteiger charge is 2.12. The Labute approximate surface area is 148 Å². The van der Waals surface area contributed by atoms with E-state index in [1.807, 2.05) is 36.4 Å². The topological polar surface area (TPSA) is 53.4 Å². The van der Waals surface area contributed by atoms with Crippen molar-refractivity contribution in [3.63, 3.8) is 0 Å². The normalized spacial score (nSPS) is 10.4. The van der Waals surface area contributed by atoms with Gasteiger partial charge in [0.25, 0.3) is 0 Å². The van der Waals surface area contributed by atoms with Gasteiger partial charge in [-0.15, -0.1) is 0 Å². The number of halogens is 1. The molecule has 5 nitrogen and oxygen atoms in total. The van der Waals surface area contributed by atoms with E-state index < -0.39 is 0 Å². The average Bonchev–Trinajstić information content (AvgIpc) is 3.06. The number of rotatable bonds is 6. The smallest absolute Gasteiger partial charge is 0.155 e. The highest BCUT2D eigenvalue weighted by molar-refractivity contribution is 9.10. The molecule has 3 aromatic rings. The minimum atomic E-state index is 0.358. The van der Waals surface area contributed by atoms with E-state index in [1.54, 1.807) is 30.1 Å². The number of hydrogen-bond acceptors (Lipinski definition) is 4. The molecule has 24 heavy (non-hydrogen) atoms. The first-order valence-electron chi connectivity index (χ1n) is 7.26. The molecule has 2 aromatic carbocycles. The van der Waals surface area contributed by atoms with Crippen molar-refractivity contribution in [2.45, 2.75) is 6.61 Å². The van der Waals surface area contributed by atoms with Gasteiger partial charge in [0.05, 0.1) is 18.4 Å². The average molecular weight is 387 g/mol. The molecule has 1 aromatic heterocycles. The summed E-state index contributed by atoms with van der Waals surface area (Å²) < 4.78 is 13.3. The molecule has 0 aliphatic rings. The Morgan fingerprint density at radius 2 is 1.96 bits per heavy atom. The third kappa shape index (κ3) is 3.49. The molecule has 3 rings (SSSR count). The first-order valence-corrected chi connectivity index (χ1v) is 8.06. The van der Waals surface area contributed by atoms with Gasteiger partial charge in [-0.25, -0.2) is 4.68 Å². The Balaban J connectivity index is 1.83. The van der Waals surface area contributed by atoms with Gasteiger partial charge in [0.15, 0.2) is 6.29 Å². The number of aromatic nitrogens is 2. The molecule has 0 bridgehead atoms. The summed E-state index contributed by atoms with van der Waals surface area (Å²) in [4.78, 5) is 11.6. The zero-order chi connectivity index (χ0) is 16.9. The second kappa shape index (κ2) is 7.31. The Kier molecular flexibility index (Phi) is 4.96. The largest absolute Gasteiger partial charge is 0.497 e. The van der Waals surface area contributed by atoms with E-state index in [0.717, 1.165) is 17.6 Å². The molecule has 6 heteroatoms. The molecular weight excluding hydrogens is 372 g/mol. The number of aldehydes is 1. The van der Waals surface area contributed by atoms with Crippen LogP contribution in [0.25, 0.3) is 5.69 Å². The number of benzene rings is 2. The van der Waals surface area contributed by atoms with E-state index in [2.05, 4.69) is 21.0 Å². The van der Waals surface area contributed by atoms with E-state index in [0.29, 0.717) is 28.2 Å². The summed E-state index contributed by atoms with van der Waals surface area (Å²) in [5.74, 6) is 1.31.